The molecule has 4 nitrogen and oxygen atoms in total. The Morgan fingerprint density at radius 2 is 1.96 bits per heavy atom. The van der Waals surface area contributed by atoms with Crippen LogP contribution in [0.25, 0.3) is 17.2 Å². The van der Waals surface area contributed by atoms with Crippen molar-refractivity contribution in [2.24, 2.45) is 7.05 Å². The van der Waals surface area contributed by atoms with E-state index in [9.17, 15) is 4.79 Å². The summed E-state index contributed by atoms with van der Waals surface area (Å²) in [6.07, 6.45) is 7.00. The predicted molar refractivity (Wildman–Crippen MR) is 91.1 cm³/mol. The molecule has 0 aliphatic rings. The molecule has 0 saturated heterocycles. The fourth-order valence-electron chi connectivity index (χ4n) is 2.52. The van der Waals surface area contributed by atoms with E-state index in [4.69, 9.17) is 0 Å². The quantitative estimate of drug-likeness (QED) is 0.691. The number of ketones is 1. The van der Waals surface area contributed by atoms with Crippen molar-refractivity contribution >= 4 is 11.9 Å². The maximum Gasteiger partial charge on any atom is 0.195 e. The van der Waals surface area contributed by atoms with E-state index in [1.807, 2.05) is 50.5 Å². The Bertz CT molecular complexity index is 893. The summed E-state index contributed by atoms with van der Waals surface area (Å²) in [6.45, 7) is 5.70. The topological polar surface area (TPSA) is 47.8 Å². The van der Waals surface area contributed by atoms with Crippen molar-refractivity contribution in [3.8, 4) is 11.1 Å². The Hall–Kier alpha value is -3.01. The minimum Gasteiger partial charge on any atom is -0.289 e. The number of rotatable bonds is 4. The molecular formula is C19H17N3O. The van der Waals surface area contributed by atoms with E-state index in [2.05, 4.69) is 16.7 Å². The van der Waals surface area contributed by atoms with Crippen LogP contribution in [0.15, 0.2) is 55.5 Å². The molecule has 0 aliphatic heterocycles. The van der Waals surface area contributed by atoms with E-state index >= 15 is 0 Å². The smallest absolute Gasteiger partial charge is 0.195 e. The number of aryl methyl sites for hydroxylation is 2. The second-order valence-corrected chi connectivity index (χ2v) is 5.41. The van der Waals surface area contributed by atoms with Crippen LogP contribution in [0.3, 0.4) is 0 Å². The van der Waals surface area contributed by atoms with Gasteiger partial charge in [0.05, 0.1) is 11.9 Å². The number of hydrogen-bond acceptors (Lipinski definition) is 3. The van der Waals surface area contributed by atoms with Crippen LogP contribution >= 0.6 is 0 Å². The third-order valence-corrected chi connectivity index (χ3v) is 3.78. The van der Waals surface area contributed by atoms with E-state index in [-0.39, 0.29) is 5.78 Å². The van der Waals surface area contributed by atoms with Crippen molar-refractivity contribution in [1.82, 2.24) is 14.8 Å². The number of carbonyl (C=O) groups is 1. The molecule has 0 radical (unpaired) electrons. The van der Waals surface area contributed by atoms with Crippen molar-refractivity contribution in [1.29, 1.82) is 0 Å². The Morgan fingerprint density at radius 1 is 1.17 bits per heavy atom. The van der Waals surface area contributed by atoms with Crippen LogP contribution in [-0.4, -0.2) is 20.5 Å². The largest absolute Gasteiger partial charge is 0.289 e. The number of aromatic nitrogens is 3. The molecule has 114 valence electrons. The van der Waals surface area contributed by atoms with Crippen LogP contribution in [0.1, 0.15) is 27.2 Å². The summed E-state index contributed by atoms with van der Waals surface area (Å²) in [5, 5.41) is 4.17. The number of pyridine rings is 1. The van der Waals surface area contributed by atoms with Crippen molar-refractivity contribution in [3.05, 3.63) is 77.9 Å². The van der Waals surface area contributed by atoms with Crippen LogP contribution in [-0.2, 0) is 7.05 Å². The highest BCUT2D eigenvalue weighted by molar-refractivity contribution is 6.12. The highest BCUT2D eigenvalue weighted by atomic mass is 16.1. The molecule has 3 aromatic rings. The molecule has 0 amide bonds. The minimum absolute atomic E-state index is 0.0451. The lowest BCUT2D eigenvalue weighted by atomic mass is 9.96. The number of carbonyl (C=O) groups excluding carboxylic acids is 1. The van der Waals surface area contributed by atoms with Gasteiger partial charge < -0.3 is 0 Å². The summed E-state index contributed by atoms with van der Waals surface area (Å²) in [6, 6.07) is 9.41. The Morgan fingerprint density at radius 3 is 2.61 bits per heavy atom. The second-order valence-electron chi connectivity index (χ2n) is 5.41. The number of benzene rings is 1. The van der Waals surface area contributed by atoms with Crippen molar-refractivity contribution in [2.45, 2.75) is 6.92 Å². The van der Waals surface area contributed by atoms with Gasteiger partial charge in [0.1, 0.15) is 0 Å². The molecule has 0 bridgehead atoms. The van der Waals surface area contributed by atoms with Crippen LogP contribution in [0.4, 0.5) is 0 Å². The summed E-state index contributed by atoms with van der Waals surface area (Å²) in [7, 11) is 1.86. The van der Waals surface area contributed by atoms with Crippen LogP contribution in [0, 0.1) is 6.92 Å². The molecule has 0 unspecified atom stereocenters. The third kappa shape index (κ3) is 2.83. The molecule has 2 heterocycles. The van der Waals surface area contributed by atoms with Gasteiger partial charge in [0.2, 0.25) is 0 Å². The number of hydrogen-bond donors (Lipinski definition) is 0. The molecule has 3 rings (SSSR count). The zero-order valence-electron chi connectivity index (χ0n) is 13.2. The fraction of sp³-hybridized carbons (Fsp3) is 0.105. The first-order valence-corrected chi connectivity index (χ1v) is 7.32. The molecule has 0 fully saturated rings. The van der Waals surface area contributed by atoms with Gasteiger partial charge >= 0.3 is 0 Å². The fourth-order valence-corrected chi connectivity index (χ4v) is 2.52. The van der Waals surface area contributed by atoms with Gasteiger partial charge in [-0.2, -0.15) is 5.10 Å². The maximum atomic E-state index is 12.9. The van der Waals surface area contributed by atoms with Gasteiger partial charge in [-0.05, 0) is 24.6 Å². The molecule has 2 aromatic heterocycles. The first kappa shape index (κ1) is 14.9. The molecule has 0 aliphatic carbocycles. The summed E-state index contributed by atoms with van der Waals surface area (Å²) in [5.74, 6) is -0.0451. The first-order valence-electron chi connectivity index (χ1n) is 7.32. The highest BCUT2D eigenvalue weighted by Gasteiger charge is 2.16. The SMILES string of the molecule is C=Cc1ncc(-c2cnn(C)c2)cc1C(=O)c1ccccc1C. The molecular weight excluding hydrogens is 286 g/mol. The lowest BCUT2D eigenvalue weighted by molar-refractivity contribution is 0.103. The van der Waals surface area contributed by atoms with Crippen LogP contribution in [0.2, 0.25) is 0 Å². The van der Waals surface area contributed by atoms with E-state index in [1.165, 1.54) is 0 Å². The molecule has 1 aromatic carbocycles. The average Bonchev–Trinajstić information content (AvgIpc) is 3.00. The molecule has 4 heteroatoms. The summed E-state index contributed by atoms with van der Waals surface area (Å²) in [5.41, 5.74) is 4.55. The van der Waals surface area contributed by atoms with Gasteiger partial charge in [-0.15, -0.1) is 0 Å². The van der Waals surface area contributed by atoms with Crippen LogP contribution < -0.4 is 0 Å². The third-order valence-electron chi connectivity index (χ3n) is 3.78. The van der Waals surface area contributed by atoms with Gasteiger partial charge in [-0.25, -0.2) is 0 Å². The Balaban J connectivity index is 2.12. The molecule has 0 atom stereocenters. The minimum atomic E-state index is -0.0451. The Kier molecular flexibility index (Phi) is 3.89. The van der Waals surface area contributed by atoms with Gasteiger partial charge in [-0.1, -0.05) is 30.8 Å². The van der Waals surface area contributed by atoms with Crippen molar-refractivity contribution in [3.63, 3.8) is 0 Å². The second kappa shape index (κ2) is 6.01. The first-order chi connectivity index (χ1) is 11.1. The molecule has 0 N–H and O–H groups in total. The Labute approximate surface area is 135 Å². The van der Waals surface area contributed by atoms with E-state index in [1.54, 1.807) is 23.2 Å². The van der Waals surface area contributed by atoms with Gasteiger partial charge in [-0.3, -0.25) is 14.5 Å². The lowest BCUT2D eigenvalue weighted by Crippen LogP contribution is -2.07. The molecule has 0 saturated carbocycles. The van der Waals surface area contributed by atoms with Gasteiger partial charge in [0, 0.05) is 41.7 Å². The van der Waals surface area contributed by atoms with Crippen LogP contribution in [0.5, 0.6) is 0 Å². The zero-order chi connectivity index (χ0) is 16.4. The predicted octanol–water partition coefficient (Wildman–Crippen LogP) is 3.66. The summed E-state index contributed by atoms with van der Waals surface area (Å²) >= 11 is 0. The van der Waals surface area contributed by atoms with Crippen molar-refractivity contribution < 1.29 is 4.79 Å². The summed E-state index contributed by atoms with van der Waals surface area (Å²) < 4.78 is 1.72. The number of nitrogens with zero attached hydrogens (tertiary/aromatic N) is 3. The highest BCUT2D eigenvalue weighted by Crippen LogP contribution is 2.23. The average molecular weight is 303 g/mol. The lowest BCUT2D eigenvalue weighted by Gasteiger charge is -2.09. The maximum absolute atomic E-state index is 12.9. The van der Waals surface area contributed by atoms with E-state index in [0.717, 1.165) is 16.7 Å². The van der Waals surface area contributed by atoms with E-state index < -0.39 is 0 Å². The zero-order valence-corrected chi connectivity index (χ0v) is 13.2. The monoisotopic (exact) mass is 303 g/mol. The van der Waals surface area contributed by atoms with Gasteiger partial charge in [0.15, 0.2) is 5.78 Å². The van der Waals surface area contributed by atoms with Crippen molar-refractivity contribution in [2.75, 3.05) is 0 Å². The standard InChI is InChI=1S/C19H17N3O/c1-4-18-17(19(23)16-8-6-5-7-13(16)2)9-14(10-20-18)15-11-21-22(3)12-15/h4-12H,1H2,2-3H3. The summed E-state index contributed by atoms with van der Waals surface area (Å²) in [4.78, 5) is 17.3. The normalized spacial score (nSPS) is 10.5. The van der Waals surface area contributed by atoms with Gasteiger partial charge in [0.25, 0.3) is 0 Å². The van der Waals surface area contributed by atoms with E-state index in [0.29, 0.717) is 16.8 Å². The molecule has 23 heavy (non-hydrogen) atoms. The molecule has 0 spiro atoms.